The zero-order valence-corrected chi connectivity index (χ0v) is 11.6. The van der Waals surface area contributed by atoms with Crippen molar-refractivity contribution < 1.29 is 0 Å². The number of aryl methyl sites for hydroxylation is 1. The number of aromatic nitrogens is 1. The molecule has 0 spiro atoms. The van der Waals surface area contributed by atoms with Crippen LogP contribution >= 0.6 is 0 Å². The lowest BCUT2D eigenvalue weighted by molar-refractivity contribution is 0.524. The van der Waals surface area contributed by atoms with E-state index in [1.165, 1.54) is 48.0 Å². The number of aromatic amines is 1. The Kier molecular flexibility index (Phi) is 3.85. The second-order valence-electron chi connectivity index (χ2n) is 5.53. The molecule has 3 rings (SSSR count). The Labute approximate surface area is 114 Å². The fraction of sp³-hybridized carbons (Fsp3) is 0.500. The van der Waals surface area contributed by atoms with Gasteiger partial charge in [-0.3, -0.25) is 0 Å². The van der Waals surface area contributed by atoms with Gasteiger partial charge in [-0.2, -0.15) is 0 Å². The molecule has 0 radical (unpaired) electrons. The topological polar surface area (TPSA) is 39.9 Å². The molecule has 1 atom stereocenters. The van der Waals surface area contributed by atoms with Crippen molar-refractivity contribution in [2.45, 2.75) is 38.8 Å². The third-order valence-corrected chi connectivity index (χ3v) is 4.16. The van der Waals surface area contributed by atoms with Crippen molar-refractivity contribution >= 4 is 10.9 Å². The SMILES string of the molecule is Cc1[nH]c2ccccc2c1CNCCC1CCCN1. The van der Waals surface area contributed by atoms with Crippen LogP contribution in [0.3, 0.4) is 0 Å². The number of hydrogen-bond acceptors (Lipinski definition) is 2. The monoisotopic (exact) mass is 257 g/mol. The van der Waals surface area contributed by atoms with Gasteiger partial charge in [0, 0.05) is 29.2 Å². The summed E-state index contributed by atoms with van der Waals surface area (Å²) in [6.07, 6.45) is 3.92. The summed E-state index contributed by atoms with van der Waals surface area (Å²) in [5.74, 6) is 0. The fourth-order valence-corrected chi connectivity index (χ4v) is 3.06. The molecule has 0 bridgehead atoms. The highest BCUT2D eigenvalue weighted by molar-refractivity contribution is 5.84. The van der Waals surface area contributed by atoms with Crippen molar-refractivity contribution in [1.82, 2.24) is 15.6 Å². The maximum atomic E-state index is 3.59. The summed E-state index contributed by atoms with van der Waals surface area (Å²) < 4.78 is 0. The van der Waals surface area contributed by atoms with E-state index >= 15 is 0 Å². The number of para-hydroxylation sites is 1. The Morgan fingerprint density at radius 1 is 1.32 bits per heavy atom. The van der Waals surface area contributed by atoms with Crippen LogP contribution in [0.15, 0.2) is 24.3 Å². The van der Waals surface area contributed by atoms with Crippen LogP contribution in [-0.4, -0.2) is 24.1 Å². The average Bonchev–Trinajstić information content (AvgIpc) is 3.02. The summed E-state index contributed by atoms with van der Waals surface area (Å²) in [5.41, 5.74) is 3.94. The first-order valence-electron chi connectivity index (χ1n) is 7.35. The van der Waals surface area contributed by atoms with Crippen molar-refractivity contribution in [3.8, 4) is 0 Å². The smallest absolute Gasteiger partial charge is 0.0459 e. The maximum absolute atomic E-state index is 3.59. The maximum Gasteiger partial charge on any atom is 0.0459 e. The molecule has 1 aliphatic rings. The van der Waals surface area contributed by atoms with Crippen LogP contribution < -0.4 is 10.6 Å². The van der Waals surface area contributed by atoms with Crippen molar-refractivity contribution in [3.63, 3.8) is 0 Å². The molecule has 2 aromatic rings. The van der Waals surface area contributed by atoms with E-state index in [2.05, 4.69) is 46.8 Å². The number of nitrogens with one attached hydrogen (secondary N) is 3. The minimum atomic E-state index is 0.733. The number of rotatable bonds is 5. The van der Waals surface area contributed by atoms with E-state index in [0.717, 1.165) is 19.1 Å². The van der Waals surface area contributed by atoms with Crippen LogP contribution in [0.1, 0.15) is 30.5 Å². The summed E-state index contributed by atoms with van der Waals surface area (Å²) in [6.45, 7) is 5.42. The molecular formula is C16H23N3. The first kappa shape index (κ1) is 12.7. The lowest BCUT2D eigenvalue weighted by atomic mass is 10.1. The number of benzene rings is 1. The molecule has 1 aliphatic heterocycles. The molecule has 0 amide bonds. The molecule has 2 heterocycles. The predicted molar refractivity (Wildman–Crippen MR) is 80.4 cm³/mol. The highest BCUT2D eigenvalue weighted by Gasteiger charge is 2.13. The quantitative estimate of drug-likeness (QED) is 0.721. The molecule has 0 aliphatic carbocycles. The highest BCUT2D eigenvalue weighted by atomic mass is 14.9. The highest BCUT2D eigenvalue weighted by Crippen LogP contribution is 2.21. The van der Waals surface area contributed by atoms with E-state index in [4.69, 9.17) is 0 Å². The standard InChI is InChI=1S/C16H23N3/c1-12-15(14-6-2-3-7-16(14)19-12)11-17-10-8-13-5-4-9-18-13/h2-3,6-7,13,17-19H,4-5,8-11H2,1H3. The zero-order valence-electron chi connectivity index (χ0n) is 11.6. The molecular weight excluding hydrogens is 234 g/mol. The van der Waals surface area contributed by atoms with Crippen molar-refractivity contribution in [2.24, 2.45) is 0 Å². The Morgan fingerprint density at radius 2 is 2.21 bits per heavy atom. The van der Waals surface area contributed by atoms with E-state index in [1.807, 2.05) is 0 Å². The Balaban J connectivity index is 1.57. The van der Waals surface area contributed by atoms with Crippen LogP contribution in [0.5, 0.6) is 0 Å². The van der Waals surface area contributed by atoms with Gasteiger partial charge in [0.25, 0.3) is 0 Å². The van der Waals surface area contributed by atoms with Crippen LogP contribution in [0.25, 0.3) is 10.9 Å². The van der Waals surface area contributed by atoms with Crippen LogP contribution in [0, 0.1) is 6.92 Å². The van der Waals surface area contributed by atoms with Gasteiger partial charge in [-0.1, -0.05) is 18.2 Å². The van der Waals surface area contributed by atoms with E-state index in [0.29, 0.717) is 0 Å². The number of H-pyrrole nitrogens is 1. The zero-order chi connectivity index (χ0) is 13.1. The Bertz CT molecular complexity index is 538. The average molecular weight is 257 g/mol. The lowest BCUT2D eigenvalue weighted by Crippen LogP contribution is -2.26. The Morgan fingerprint density at radius 3 is 3.05 bits per heavy atom. The number of hydrogen-bond donors (Lipinski definition) is 3. The van der Waals surface area contributed by atoms with E-state index in [-0.39, 0.29) is 0 Å². The fourth-order valence-electron chi connectivity index (χ4n) is 3.06. The molecule has 1 saturated heterocycles. The van der Waals surface area contributed by atoms with Crippen molar-refractivity contribution in [1.29, 1.82) is 0 Å². The van der Waals surface area contributed by atoms with E-state index in [1.54, 1.807) is 0 Å². The molecule has 1 aromatic carbocycles. The summed E-state index contributed by atoms with van der Waals surface area (Å²) in [7, 11) is 0. The summed E-state index contributed by atoms with van der Waals surface area (Å²) in [5, 5.41) is 8.49. The minimum absolute atomic E-state index is 0.733. The molecule has 19 heavy (non-hydrogen) atoms. The summed E-state index contributed by atoms with van der Waals surface area (Å²) >= 11 is 0. The van der Waals surface area contributed by atoms with E-state index < -0.39 is 0 Å². The molecule has 1 unspecified atom stereocenters. The van der Waals surface area contributed by atoms with Crippen molar-refractivity contribution in [3.05, 3.63) is 35.5 Å². The first-order valence-corrected chi connectivity index (χ1v) is 7.35. The van der Waals surface area contributed by atoms with Crippen LogP contribution in [-0.2, 0) is 6.54 Å². The van der Waals surface area contributed by atoms with Gasteiger partial charge < -0.3 is 15.6 Å². The van der Waals surface area contributed by atoms with Gasteiger partial charge in [-0.05, 0) is 50.9 Å². The number of fused-ring (bicyclic) bond motifs is 1. The lowest BCUT2D eigenvalue weighted by Gasteiger charge is -2.10. The van der Waals surface area contributed by atoms with Gasteiger partial charge in [0.15, 0.2) is 0 Å². The minimum Gasteiger partial charge on any atom is -0.358 e. The molecule has 1 aromatic heterocycles. The van der Waals surface area contributed by atoms with Crippen molar-refractivity contribution in [2.75, 3.05) is 13.1 Å². The molecule has 0 saturated carbocycles. The predicted octanol–water partition coefficient (Wildman–Crippen LogP) is 2.71. The van der Waals surface area contributed by atoms with Crippen LogP contribution in [0.2, 0.25) is 0 Å². The third kappa shape index (κ3) is 2.82. The van der Waals surface area contributed by atoms with Gasteiger partial charge in [0.1, 0.15) is 0 Å². The second kappa shape index (κ2) is 5.76. The first-order chi connectivity index (χ1) is 9.34. The van der Waals surface area contributed by atoms with Gasteiger partial charge in [-0.25, -0.2) is 0 Å². The molecule has 1 fully saturated rings. The van der Waals surface area contributed by atoms with E-state index in [9.17, 15) is 0 Å². The third-order valence-electron chi connectivity index (χ3n) is 4.16. The van der Waals surface area contributed by atoms with Gasteiger partial charge in [0.2, 0.25) is 0 Å². The normalized spacial score (nSPS) is 19.3. The second-order valence-corrected chi connectivity index (χ2v) is 5.53. The molecule has 102 valence electrons. The summed E-state index contributed by atoms with van der Waals surface area (Å²) in [6, 6.07) is 9.28. The summed E-state index contributed by atoms with van der Waals surface area (Å²) in [4.78, 5) is 3.46. The van der Waals surface area contributed by atoms with Crippen LogP contribution in [0.4, 0.5) is 0 Å². The largest absolute Gasteiger partial charge is 0.358 e. The van der Waals surface area contributed by atoms with Gasteiger partial charge in [0.05, 0.1) is 0 Å². The van der Waals surface area contributed by atoms with Gasteiger partial charge >= 0.3 is 0 Å². The molecule has 3 N–H and O–H groups in total. The van der Waals surface area contributed by atoms with Gasteiger partial charge in [-0.15, -0.1) is 0 Å². The Hall–Kier alpha value is -1.32. The molecule has 3 nitrogen and oxygen atoms in total. The molecule has 3 heteroatoms.